The van der Waals surface area contributed by atoms with Crippen LogP contribution in [0.1, 0.15) is 24.4 Å². The second kappa shape index (κ2) is 6.82. The number of hydrogen-bond acceptors (Lipinski definition) is 5. The van der Waals surface area contributed by atoms with Crippen molar-refractivity contribution in [3.05, 3.63) is 47.7 Å². The van der Waals surface area contributed by atoms with Crippen molar-refractivity contribution in [2.75, 3.05) is 18.0 Å². The van der Waals surface area contributed by atoms with E-state index >= 15 is 0 Å². The van der Waals surface area contributed by atoms with Crippen molar-refractivity contribution in [2.45, 2.75) is 31.2 Å². The van der Waals surface area contributed by atoms with Gasteiger partial charge in [-0.15, -0.1) is 0 Å². The van der Waals surface area contributed by atoms with Gasteiger partial charge >= 0.3 is 0 Å². The third kappa shape index (κ3) is 3.70. The molecule has 1 saturated heterocycles. The van der Waals surface area contributed by atoms with Crippen LogP contribution < -0.4 is 9.62 Å². The summed E-state index contributed by atoms with van der Waals surface area (Å²) in [6.45, 7) is 3.64. The average Bonchev–Trinajstić information content (AvgIpc) is 3.07. The Balaban J connectivity index is 1.78. The minimum atomic E-state index is -3.95. The molecule has 0 unspecified atom stereocenters. The lowest BCUT2D eigenvalue weighted by Crippen LogP contribution is -2.26. The molecule has 0 spiro atoms. The minimum Gasteiger partial charge on any atom is -0.357 e. The Morgan fingerprint density at radius 1 is 1.21 bits per heavy atom. The van der Waals surface area contributed by atoms with Gasteiger partial charge < -0.3 is 4.90 Å². The molecule has 1 N–H and O–H groups in total. The van der Waals surface area contributed by atoms with Crippen LogP contribution in [-0.2, 0) is 16.6 Å². The van der Waals surface area contributed by atoms with E-state index in [2.05, 4.69) is 19.6 Å². The van der Waals surface area contributed by atoms with Crippen LogP contribution in [0.4, 0.5) is 10.2 Å². The molecule has 0 aliphatic carbocycles. The first-order chi connectivity index (χ1) is 11.5. The molecule has 1 fully saturated rings. The third-order valence-electron chi connectivity index (χ3n) is 3.86. The number of anilines is 1. The van der Waals surface area contributed by atoms with Gasteiger partial charge in [-0.2, -0.15) is 0 Å². The molecule has 0 amide bonds. The van der Waals surface area contributed by atoms with Gasteiger partial charge in [-0.3, -0.25) is 0 Å². The second-order valence-corrected chi connectivity index (χ2v) is 7.47. The average molecular weight is 350 g/mol. The van der Waals surface area contributed by atoms with E-state index in [9.17, 15) is 12.8 Å². The van der Waals surface area contributed by atoms with Gasteiger partial charge in [0.2, 0.25) is 10.0 Å². The van der Waals surface area contributed by atoms with E-state index in [1.807, 2.05) is 13.0 Å². The maximum Gasteiger partial charge on any atom is 0.243 e. The van der Waals surface area contributed by atoms with Gasteiger partial charge in [0, 0.05) is 24.8 Å². The summed E-state index contributed by atoms with van der Waals surface area (Å²) in [6, 6.07) is 7.15. The summed E-state index contributed by atoms with van der Waals surface area (Å²) in [7, 11) is -3.95. The third-order valence-corrected chi connectivity index (χ3v) is 5.30. The quantitative estimate of drug-likeness (QED) is 0.893. The fourth-order valence-corrected chi connectivity index (χ4v) is 3.76. The second-order valence-electron chi connectivity index (χ2n) is 5.73. The lowest BCUT2D eigenvalue weighted by atomic mass is 10.3. The number of sulfonamides is 1. The Kier molecular flexibility index (Phi) is 4.77. The summed E-state index contributed by atoms with van der Waals surface area (Å²) in [4.78, 5) is 10.5. The van der Waals surface area contributed by atoms with Gasteiger partial charge in [0.25, 0.3) is 0 Å². The SMILES string of the molecule is Cc1cc(N2CCCC2)nc(CNS(=O)(=O)c2ccccc2F)n1. The minimum absolute atomic E-state index is 0.0841. The monoisotopic (exact) mass is 350 g/mol. The fourth-order valence-electron chi connectivity index (χ4n) is 2.70. The largest absolute Gasteiger partial charge is 0.357 e. The van der Waals surface area contributed by atoms with Crippen molar-refractivity contribution in [2.24, 2.45) is 0 Å². The van der Waals surface area contributed by atoms with Gasteiger partial charge in [-0.05, 0) is 31.9 Å². The van der Waals surface area contributed by atoms with E-state index in [0.717, 1.165) is 43.5 Å². The molecule has 128 valence electrons. The molecule has 1 aliphatic rings. The molecular formula is C16H19FN4O2S. The van der Waals surface area contributed by atoms with Gasteiger partial charge in [-0.25, -0.2) is 27.5 Å². The van der Waals surface area contributed by atoms with E-state index < -0.39 is 15.8 Å². The molecule has 0 radical (unpaired) electrons. The Labute approximate surface area is 140 Å². The highest BCUT2D eigenvalue weighted by molar-refractivity contribution is 7.89. The summed E-state index contributed by atoms with van der Waals surface area (Å²) >= 11 is 0. The zero-order valence-corrected chi connectivity index (χ0v) is 14.2. The van der Waals surface area contributed by atoms with Gasteiger partial charge in [0.15, 0.2) is 0 Å². The predicted molar refractivity (Wildman–Crippen MR) is 88.6 cm³/mol. The van der Waals surface area contributed by atoms with Crippen LogP contribution in [0, 0.1) is 12.7 Å². The molecule has 8 heteroatoms. The Bertz CT molecular complexity index is 836. The van der Waals surface area contributed by atoms with Crippen LogP contribution in [-0.4, -0.2) is 31.5 Å². The molecule has 6 nitrogen and oxygen atoms in total. The number of hydrogen-bond donors (Lipinski definition) is 1. The van der Waals surface area contributed by atoms with E-state index in [1.165, 1.54) is 18.2 Å². The highest BCUT2D eigenvalue weighted by atomic mass is 32.2. The zero-order valence-electron chi connectivity index (χ0n) is 13.4. The number of nitrogens with zero attached hydrogens (tertiary/aromatic N) is 3. The van der Waals surface area contributed by atoms with Gasteiger partial charge in [-0.1, -0.05) is 12.1 Å². The van der Waals surface area contributed by atoms with Crippen molar-refractivity contribution in [1.29, 1.82) is 0 Å². The molecule has 0 atom stereocenters. The molecular weight excluding hydrogens is 331 g/mol. The summed E-state index contributed by atoms with van der Waals surface area (Å²) in [5, 5.41) is 0. The maximum absolute atomic E-state index is 13.7. The number of aromatic nitrogens is 2. The number of benzene rings is 1. The van der Waals surface area contributed by atoms with E-state index in [-0.39, 0.29) is 11.4 Å². The summed E-state index contributed by atoms with van der Waals surface area (Å²) in [5.41, 5.74) is 0.770. The number of halogens is 1. The van der Waals surface area contributed by atoms with Crippen LogP contribution in [0.25, 0.3) is 0 Å². The summed E-state index contributed by atoms with van der Waals surface area (Å²) in [5.74, 6) is 0.393. The molecule has 1 aromatic carbocycles. The van der Waals surface area contributed by atoms with Crippen LogP contribution in [0.3, 0.4) is 0 Å². The van der Waals surface area contributed by atoms with Crippen molar-refractivity contribution in [3.63, 3.8) is 0 Å². The van der Waals surface area contributed by atoms with E-state index in [1.54, 1.807) is 0 Å². The van der Waals surface area contributed by atoms with Gasteiger partial charge in [0.1, 0.15) is 22.4 Å². The molecule has 24 heavy (non-hydrogen) atoms. The van der Waals surface area contributed by atoms with E-state index in [0.29, 0.717) is 5.82 Å². The lowest BCUT2D eigenvalue weighted by Gasteiger charge is -2.17. The topological polar surface area (TPSA) is 75.2 Å². The normalized spacial score (nSPS) is 15.0. The van der Waals surface area contributed by atoms with Crippen molar-refractivity contribution < 1.29 is 12.8 Å². The lowest BCUT2D eigenvalue weighted by molar-refractivity contribution is 0.555. The van der Waals surface area contributed by atoms with Crippen molar-refractivity contribution >= 4 is 15.8 Å². The van der Waals surface area contributed by atoms with E-state index in [4.69, 9.17) is 0 Å². The number of aryl methyl sites for hydroxylation is 1. The van der Waals surface area contributed by atoms with Crippen LogP contribution in [0.2, 0.25) is 0 Å². The van der Waals surface area contributed by atoms with Crippen molar-refractivity contribution in [3.8, 4) is 0 Å². The summed E-state index contributed by atoms with van der Waals surface area (Å²) in [6.07, 6.45) is 2.25. The van der Waals surface area contributed by atoms with Crippen LogP contribution in [0.5, 0.6) is 0 Å². The Morgan fingerprint density at radius 3 is 2.62 bits per heavy atom. The predicted octanol–water partition coefficient (Wildman–Crippen LogP) is 2.00. The van der Waals surface area contributed by atoms with Crippen LogP contribution in [0.15, 0.2) is 35.2 Å². The molecule has 3 rings (SSSR count). The molecule has 0 saturated carbocycles. The molecule has 0 bridgehead atoms. The highest BCUT2D eigenvalue weighted by Gasteiger charge is 2.20. The number of nitrogens with one attached hydrogen (secondary N) is 1. The first-order valence-corrected chi connectivity index (χ1v) is 9.28. The molecule has 2 heterocycles. The molecule has 2 aromatic rings. The fraction of sp³-hybridized carbons (Fsp3) is 0.375. The smallest absolute Gasteiger partial charge is 0.243 e. The maximum atomic E-state index is 13.7. The van der Waals surface area contributed by atoms with Gasteiger partial charge in [0.05, 0.1) is 6.54 Å². The molecule has 1 aromatic heterocycles. The standard InChI is InChI=1S/C16H19FN4O2S/c1-12-10-16(21-8-4-5-9-21)20-15(19-12)11-18-24(22,23)14-7-3-2-6-13(14)17/h2-3,6-7,10,18H,4-5,8-9,11H2,1H3. The number of rotatable bonds is 5. The summed E-state index contributed by atoms with van der Waals surface area (Å²) < 4.78 is 40.5. The zero-order chi connectivity index (χ0) is 17.2. The first kappa shape index (κ1) is 16.8. The molecule has 1 aliphatic heterocycles. The van der Waals surface area contributed by atoms with Crippen LogP contribution >= 0.6 is 0 Å². The Morgan fingerprint density at radius 2 is 1.92 bits per heavy atom. The first-order valence-electron chi connectivity index (χ1n) is 7.79. The van der Waals surface area contributed by atoms with Crippen molar-refractivity contribution in [1.82, 2.24) is 14.7 Å². The highest BCUT2D eigenvalue weighted by Crippen LogP contribution is 2.19. The Hall–Kier alpha value is -2.06.